The largest absolute Gasteiger partial charge is 0.491 e. The number of thiocarbonyl (C=S) groups is 1. The van der Waals surface area contributed by atoms with E-state index in [1.807, 2.05) is 38.1 Å². The van der Waals surface area contributed by atoms with Gasteiger partial charge in [0, 0.05) is 0 Å². The number of amides is 1. The van der Waals surface area contributed by atoms with Crippen molar-refractivity contribution in [3.63, 3.8) is 0 Å². The molecular weight excluding hydrogens is 419 g/mol. The van der Waals surface area contributed by atoms with Crippen LogP contribution in [-0.2, 0) is 11.0 Å². The normalized spacial score (nSPS) is 17.1. The summed E-state index contributed by atoms with van der Waals surface area (Å²) in [6.45, 7) is 4.01. The molecule has 1 saturated heterocycles. The van der Waals surface area contributed by atoms with Crippen molar-refractivity contribution in [2.45, 2.75) is 32.5 Å². The fourth-order valence-corrected chi connectivity index (χ4v) is 3.92. The SMILES string of the molecule is CC[C@H](C)Oc1ccc(/C=C2/SC(=S)N(c3cccc(C(F)(F)F)c3)C2=O)cc1. The van der Waals surface area contributed by atoms with Gasteiger partial charge in [0.05, 0.1) is 22.3 Å². The van der Waals surface area contributed by atoms with Crippen molar-refractivity contribution in [3.8, 4) is 5.75 Å². The standard InChI is InChI=1S/C21H18F3NO2S2/c1-3-13(2)27-17-9-7-14(8-10-17)11-18-19(26)25(20(28)29-18)16-6-4-5-15(12-16)21(22,23)24/h4-13H,3H2,1-2H3/b18-11+/t13-/m0/s1. The monoisotopic (exact) mass is 437 g/mol. The van der Waals surface area contributed by atoms with Crippen LogP contribution in [0, 0.1) is 0 Å². The highest BCUT2D eigenvalue weighted by Gasteiger charge is 2.36. The first-order valence-electron chi connectivity index (χ1n) is 8.91. The Morgan fingerprint density at radius 1 is 1.21 bits per heavy atom. The molecule has 1 atom stereocenters. The van der Waals surface area contributed by atoms with Gasteiger partial charge in [-0.3, -0.25) is 9.69 Å². The van der Waals surface area contributed by atoms with Crippen LogP contribution in [0.25, 0.3) is 6.08 Å². The van der Waals surface area contributed by atoms with Crippen molar-refractivity contribution in [2.24, 2.45) is 0 Å². The van der Waals surface area contributed by atoms with E-state index in [0.717, 1.165) is 46.5 Å². The number of carbonyl (C=O) groups excluding carboxylic acids is 1. The summed E-state index contributed by atoms with van der Waals surface area (Å²) in [5, 5.41) is 0. The second kappa shape index (κ2) is 8.59. The summed E-state index contributed by atoms with van der Waals surface area (Å²) in [4.78, 5) is 14.3. The van der Waals surface area contributed by atoms with Crippen LogP contribution in [0.2, 0.25) is 0 Å². The third kappa shape index (κ3) is 5.00. The van der Waals surface area contributed by atoms with Gasteiger partial charge in [-0.25, -0.2) is 0 Å². The van der Waals surface area contributed by atoms with Crippen LogP contribution in [0.1, 0.15) is 31.4 Å². The average Bonchev–Trinajstić information content (AvgIpc) is 2.96. The van der Waals surface area contributed by atoms with E-state index in [-0.39, 0.29) is 16.1 Å². The molecule has 1 heterocycles. The summed E-state index contributed by atoms with van der Waals surface area (Å²) < 4.78 is 44.9. The number of ether oxygens (including phenoxy) is 1. The summed E-state index contributed by atoms with van der Waals surface area (Å²) >= 11 is 6.30. The number of thioether (sulfide) groups is 1. The number of anilines is 1. The van der Waals surface area contributed by atoms with E-state index < -0.39 is 17.6 Å². The summed E-state index contributed by atoms with van der Waals surface area (Å²) in [5.74, 6) is 0.285. The van der Waals surface area contributed by atoms with Gasteiger partial charge in [0.2, 0.25) is 0 Å². The van der Waals surface area contributed by atoms with Gasteiger partial charge in [0.25, 0.3) is 5.91 Å². The average molecular weight is 438 g/mol. The van der Waals surface area contributed by atoms with Crippen molar-refractivity contribution >= 4 is 46.0 Å². The molecule has 152 valence electrons. The lowest BCUT2D eigenvalue weighted by atomic mass is 10.1. The van der Waals surface area contributed by atoms with Gasteiger partial charge >= 0.3 is 6.18 Å². The Kier molecular flexibility index (Phi) is 6.33. The van der Waals surface area contributed by atoms with Crippen molar-refractivity contribution < 1.29 is 22.7 Å². The molecular formula is C21H18F3NO2S2. The van der Waals surface area contributed by atoms with Crippen molar-refractivity contribution in [1.82, 2.24) is 0 Å². The van der Waals surface area contributed by atoms with Gasteiger partial charge in [0.15, 0.2) is 4.32 Å². The zero-order chi connectivity index (χ0) is 21.2. The van der Waals surface area contributed by atoms with Gasteiger partial charge in [0.1, 0.15) is 5.75 Å². The molecule has 3 rings (SSSR count). The minimum absolute atomic E-state index is 0.100. The molecule has 2 aromatic rings. The Morgan fingerprint density at radius 2 is 1.90 bits per heavy atom. The van der Waals surface area contributed by atoms with Gasteiger partial charge in [-0.15, -0.1) is 0 Å². The predicted molar refractivity (Wildman–Crippen MR) is 114 cm³/mol. The first-order chi connectivity index (χ1) is 13.7. The lowest BCUT2D eigenvalue weighted by molar-refractivity contribution is -0.137. The highest BCUT2D eigenvalue weighted by Crippen LogP contribution is 2.38. The number of halogens is 3. The van der Waals surface area contributed by atoms with Crippen LogP contribution in [0.15, 0.2) is 53.4 Å². The molecule has 0 radical (unpaired) electrons. The maximum Gasteiger partial charge on any atom is 0.416 e. The third-order valence-electron chi connectivity index (χ3n) is 4.32. The topological polar surface area (TPSA) is 29.5 Å². The number of rotatable bonds is 5. The Hall–Kier alpha value is -2.32. The summed E-state index contributed by atoms with van der Waals surface area (Å²) in [7, 11) is 0. The molecule has 1 amide bonds. The highest BCUT2D eigenvalue weighted by atomic mass is 32.2. The van der Waals surface area contributed by atoms with E-state index >= 15 is 0 Å². The lowest BCUT2D eigenvalue weighted by Crippen LogP contribution is -2.27. The number of hydrogen-bond acceptors (Lipinski definition) is 4. The molecule has 29 heavy (non-hydrogen) atoms. The molecule has 1 aliphatic rings. The molecule has 0 spiro atoms. The minimum atomic E-state index is -4.49. The van der Waals surface area contributed by atoms with Gasteiger partial charge in [-0.1, -0.05) is 49.1 Å². The first kappa shape index (κ1) is 21.4. The number of carbonyl (C=O) groups is 1. The maximum absolute atomic E-state index is 13.0. The van der Waals surface area contributed by atoms with Crippen LogP contribution in [0.5, 0.6) is 5.75 Å². The number of alkyl halides is 3. The fourth-order valence-electron chi connectivity index (χ4n) is 2.62. The molecule has 0 aromatic heterocycles. The van der Waals surface area contributed by atoms with E-state index in [0.29, 0.717) is 4.91 Å². The quantitative estimate of drug-likeness (QED) is 0.406. The molecule has 1 aliphatic heterocycles. The molecule has 0 saturated carbocycles. The van der Waals surface area contributed by atoms with E-state index in [1.54, 1.807) is 6.08 Å². The maximum atomic E-state index is 13.0. The molecule has 1 fully saturated rings. The summed E-state index contributed by atoms with van der Waals surface area (Å²) in [5.41, 5.74) is 0.0407. The van der Waals surface area contributed by atoms with E-state index in [9.17, 15) is 18.0 Å². The Morgan fingerprint density at radius 3 is 2.52 bits per heavy atom. The Labute approximate surface area is 176 Å². The number of nitrogens with zero attached hydrogens (tertiary/aromatic N) is 1. The molecule has 0 aliphatic carbocycles. The van der Waals surface area contributed by atoms with E-state index in [4.69, 9.17) is 17.0 Å². The lowest BCUT2D eigenvalue weighted by Gasteiger charge is -2.16. The van der Waals surface area contributed by atoms with Gasteiger partial charge in [-0.05, 0) is 55.3 Å². The van der Waals surface area contributed by atoms with E-state index in [1.165, 1.54) is 12.1 Å². The Bertz CT molecular complexity index is 955. The third-order valence-corrected chi connectivity index (χ3v) is 5.62. The first-order valence-corrected chi connectivity index (χ1v) is 10.1. The van der Waals surface area contributed by atoms with Crippen LogP contribution < -0.4 is 9.64 Å². The van der Waals surface area contributed by atoms with Crippen molar-refractivity contribution in [2.75, 3.05) is 4.90 Å². The van der Waals surface area contributed by atoms with Crippen LogP contribution in [0.3, 0.4) is 0 Å². The zero-order valence-corrected chi connectivity index (χ0v) is 17.3. The van der Waals surface area contributed by atoms with Gasteiger partial charge in [-0.2, -0.15) is 13.2 Å². The molecule has 3 nitrogen and oxygen atoms in total. The molecule has 0 unspecified atom stereocenters. The second-order valence-corrected chi connectivity index (χ2v) is 8.15. The highest BCUT2D eigenvalue weighted by molar-refractivity contribution is 8.27. The van der Waals surface area contributed by atoms with Gasteiger partial charge < -0.3 is 4.74 Å². The fraction of sp³-hybridized carbons (Fsp3) is 0.238. The Balaban J connectivity index is 1.82. The molecule has 0 N–H and O–H groups in total. The summed E-state index contributed by atoms with van der Waals surface area (Å²) in [6, 6.07) is 11.8. The predicted octanol–water partition coefficient (Wildman–Crippen LogP) is 6.29. The number of benzene rings is 2. The van der Waals surface area contributed by atoms with E-state index in [2.05, 4.69) is 0 Å². The van der Waals surface area contributed by atoms with Crippen molar-refractivity contribution in [3.05, 3.63) is 64.6 Å². The van der Waals surface area contributed by atoms with Crippen LogP contribution >= 0.6 is 24.0 Å². The van der Waals surface area contributed by atoms with Crippen LogP contribution in [0.4, 0.5) is 18.9 Å². The summed E-state index contributed by atoms with van der Waals surface area (Å²) in [6.07, 6.45) is -1.84. The number of hydrogen-bond donors (Lipinski definition) is 0. The second-order valence-electron chi connectivity index (χ2n) is 6.47. The molecule has 8 heteroatoms. The van der Waals surface area contributed by atoms with Crippen LogP contribution in [-0.4, -0.2) is 16.3 Å². The minimum Gasteiger partial charge on any atom is -0.491 e. The molecule has 0 bridgehead atoms. The zero-order valence-electron chi connectivity index (χ0n) is 15.7. The smallest absolute Gasteiger partial charge is 0.416 e. The van der Waals surface area contributed by atoms with Crippen molar-refractivity contribution in [1.29, 1.82) is 0 Å². The molecule has 2 aromatic carbocycles.